The summed E-state index contributed by atoms with van der Waals surface area (Å²) < 4.78 is 11.8. The fourth-order valence-electron chi connectivity index (χ4n) is 3.91. The molecule has 1 amide bonds. The summed E-state index contributed by atoms with van der Waals surface area (Å²) >= 11 is 0. The molecule has 126 valence electrons. The molecule has 2 fully saturated rings. The third-order valence-corrected chi connectivity index (χ3v) is 5.23. The number of carbonyl (C=O) groups excluding carboxylic acids is 1. The maximum Gasteiger partial charge on any atom is 0.220 e. The summed E-state index contributed by atoms with van der Waals surface area (Å²) in [6.07, 6.45) is 3.54. The minimum Gasteiger partial charge on any atom is -0.375 e. The van der Waals surface area contributed by atoms with Gasteiger partial charge in [-0.3, -0.25) is 4.79 Å². The van der Waals surface area contributed by atoms with Crippen molar-refractivity contribution in [3.05, 3.63) is 35.9 Å². The van der Waals surface area contributed by atoms with E-state index in [0.29, 0.717) is 13.0 Å². The summed E-state index contributed by atoms with van der Waals surface area (Å²) in [4.78, 5) is 12.4. The zero-order valence-corrected chi connectivity index (χ0v) is 14.1. The van der Waals surface area contributed by atoms with E-state index in [1.54, 1.807) is 0 Å². The van der Waals surface area contributed by atoms with Crippen LogP contribution in [0, 0.1) is 0 Å². The standard InChI is InChI=1S/C19H27NO3/c1-3-22-17-13-16(19(17)10-7-11-23-19)20-18(21)12-14(2)15-8-5-4-6-9-15/h4-6,8-9,14,16-17H,3,7,10-13H2,1-2H3,(H,20,21)/t14-,16-,17+,19-/m0/s1. The molecule has 1 saturated carbocycles. The van der Waals surface area contributed by atoms with E-state index in [2.05, 4.69) is 24.4 Å². The van der Waals surface area contributed by atoms with Gasteiger partial charge in [0, 0.05) is 19.6 Å². The van der Waals surface area contributed by atoms with Gasteiger partial charge in [0.1, 0.15) is 5.60 Å². The summed E-state index contributed by atoms with van der Waals surface area (Å²) in [5, 5.41) is 3.19. The Hall–Kier alpha value is -1.39. The number of amides is 1. The first-order valence-electron chi connectivity index (χ1n) is 8.75. The largest absolute Gasteiger partial charge is 0.375 e. The normalized spacial score (nSPS) is 30.9. The minimum atomic E-state index is -0.276. The number of benzene rings is 1. The lowest BCUT2D eigenvalue weighted by molar-refractivity contribution is -0.198. The van der Waals surface area contributed by atoms with Crippen LogP contribution in [0.15, 0.2) is 30.3 Å². The first-order valence-corrected chi connectivity index (χ1v) is 8.75. The molecule has 1 aliphatic heterocycles. The lowest BCUT2D eigenvalue weighted by Gasteiger charge is -2.52. The van der Waals surface area contributed by atoms with Gasteiger partial charge in [-0.2, -0.15) is 0 Å². The Labute approximate surface area is 138 Å². The number of nitrogens with one attached hydrogen (secondary N) is 1. The van der Waals surface area contributed by atoms with Gasteiger partial charge in [-0.25, -0.2) is 0 Å². The molecule has 0 radical (unpaired) electrons. The summed E-state index contributed by atoms with van der Waals surface area (Å²) in [7, 11) is 0. The molecule has 0 unspecified atom stereocenters. The van der Waals surface area contributed by atoms with Gasteiger partial charge < -0.3 is 14.8 Å². The first-order chi connectivity index (χ1) is 11.2. The van der Waals surface area contributed by atoms with Gasteiger partial charge in [0.2, 0.25) is 5.91 Å². The van der Waals surface area contributed by atoms with Crippen LogP contribution in [0.1, 0.15) is 51.0 Å². The zero-order valence-electron chi connectivity index (χ0n) is 14.1. The van der Waals surface area contributed by atoms with Crippen LogP contribution in [0.5, 0.6) is 0 Å². The predicted octanol–water partition coefficient (Wildman–Crippen LogP) is 3.02. The molecule has 4 atom stereocenters. The van der Waals surface area contributed by atoms with Crippen molar-refractivity contribution in [3.63, 3.8) is 0 Å². The Bertz CT molecular complexity index is 525. The number of ether oxygens (including phenoxy) is 2. The third kappa shape index (κ3) is 3.29. The van der Waals surface area contributed by atoms with Gasteiger partial charge in [0.05, 0.1) is 12.1 Å². The average Bonchev–Trinajstić information content (AvgIpc) is 3.07. The Kier molecular flexibility index (Phi) is 5.02. The van der Waals surface area contributed by atoms with Crippen molar-refractivity contribution in [1.82, 2.24) is 5.32 Å². The predicted molar refractivity (Wildman–Crippen MR) is 89.4 cm³/mol. The van der Waals surface area contributed by atoms with E-state index in [-0.39, 0.29) is 29.6 Å². The number of rotatable bonds is 6. The SMILES string of the molecule is CCO[C@@H]1C[C@H](NC(=O)C[C@H](C)c2ccccc2)[C@@]12CCCO2. The van der Waals surface area contributed by atoms with Crippen molar-refractivity contribution < 1.29 is 14.3 Å². The maximum absolute atomic E-state index is 12.4. The Morgan fingerprint density at radius 1 is 1.43 bits per heavy atom. The summed E-state index contributed by atoms with van der Waals surface area (Å²) in [6, 6.07) is 10.3. The van der Waals surface area contributed by atoms with Gasteiger partial charge in [-0.1, -0.05) is 37.3 Å². The van der Waals surface area contributed by atoms with E-state index in [9.17, 15) is 4.79 Å². The third-order valence-electron chi connectivity index (χ3n) is 5.23. The first kappa shape index (κ1) is 16.5. The van der Waals surface area contributed by atoms with Crippen molar-refractivity contribution in [2.45, 2.75) is 63.2 Å². The van der Waals surface area contributed by atoms with E-state index in [1.165, 1.54) is 5.56 Å². The second-order valence-electron chi connectivity index (χ2n) is 6.72. The van der Waals surface area contributed by atoms with Crippen LogP contribution >= 0.6 is 0 Å². The van der Waals surface area contributed by atoms with Crippen molar-refractivity contribution in [2.75, 3.05) is 13.2 Å². The molecule has 0 aromatic heterocycles. The highest BCUT2D eigenvalue weighted by molar-refractivity contribution is 5.77. The van der Waals surface area contributed by atoms with E-state index >= 15 is 0 Å². The molecule has 2 aliphatic rings. The van der Waals surface area contributed by atoms with Crippen molar-refractivity contribution in [3.8, 4) is 0 Å². The monoisotopic (exact) mass is 317 g/mol. The fourth-order valence-corrected chi connectivity index (χ4v) is 3.91. The number of hydrogen-bond acceptors (Lipinski definition) is 3. The van der Waals surface area contributed by atoms with Crippen molar-refractivity contribution in [2.24, 2.45) is 0 Å². The van der Waals surface area contributed by atoms with Crippen LogP contribution in [-0.4, -0.2) is 36.9 Å². The minimum absolute atomic E-state index is 0.0945. The van der Waals surface area contributed by atoms with E-state index in [0.717, 1.165) is 25.9 Å². The fraction of sp³-hybridized carbons (Fsp3) is 0.632. The molecule has 4 heteroatoms. The van der Waals surface area contributed by atoms with Crippen LogP contribution in [0.4, 0.5) is 0 Å². The Morgan fingerprint density at radius 2 is 2.22 bits per heavy atom. The summed E-state index contributed by atoms with van der Waals surface area (Å²) in [5.74, 6) is 0.329. The van der Waals surface area contributed by atoms with Crippen LogP contribution in [-0.2, 0) is 14.3 Å². The molecule has 23 heavy (non-hydrogen) atoms. The molecule has 4 nitrogen and oxygen atoms in total. The Morgan fingerprint density at radius 3 is 2.87 bits per heavy atom. The molecule has 1 saturated heterocycles. The van der Waals surface area contributed by atoms with E-state index in [4.69, 9.17) is 9.47 Å². The Balaban J connectivity index is 1.56. The summed E-state index contributed by atoms with van der Waals surface area (Å²) in [6.45, 7) is 5.58. The van der Waals surface area contributed by atoms with Crippen LogP contribution < -0.4 is 5.32 Å². The molecule has 1 aliphatic carbocycles. The molecule has 1 spiro atoms. The maximum atomic E-state index is 12.4. The molecule has 3 rings (SSSR count). The van der Waals surface area contributed by atoms with Crippen molar-refractivity contribution >= 4 is 5.91 Å². The number of carbonyl (C=O) groups is 1. The molecule has 1 aromatic carbocycles. The van der Waals surface area contributed by atoms with Crippen LogP contribution in [0.3, 0.4) is 0 Å². The molecule has 1 heterocycles. The highest BCUT2D eigenvalue weighted by Crippen LogP contribution is 2.45. The zero-order chi connectivity index (χ0) is 16.3. The lowest BCUT2D eigenvalue weighted by Crippen LogP contribution is -2.69. The number of hydrogen-bond donors (Lipinski definition) is 1. The molecule has 1 N–H and O–H groups in total. The van der Waals surface area contributed by atoms with Crippen LogP contribution in [0.2, 0.25) is 0 Å². The van der Waals surface area contributed by atoms with Gasteiger partial charge in [-0.15, -0.1) is 0 Å². The molecule has 1 aromatic rings. The van der Waals surface area contributed by atoms with Crippen molar-refractivity contribution in [1.29, 1.82) is 0 Å². The average molecular weight is 317 g/mol. The summed E-state index contributed by atoms with van der Waals surface area (Å²) in [5.41, 5.74) is 0.928. The van der Waals surface area contributed by atoms with Gasteiger partial charge in [-0.05, 0) is 37.7 Å². The molecular formula is C19H27NO3. The quantitative estimate of drug-likeness (QED) is 0.877. The van der Waals surface area contributed by atoms with Crippen LogP contribution in [0.25, 0.3) is 0 Å². The highest BCUT2D eigenvalue weighted by Gasteiger charge is 2.59. The van der Waals surface area contributed by atoms with E-state index in [1.807, 2.05) is 25.1 Å². The lowest BCUT2D eigenvalue weighted by atomic mass is 9.70. The topological polar surface area (TPSA) is 47.6 Å². The second-order valence-corrected chi connectivity index (χ2v) is 6.72. The smallest absolute Gasteiger partial charge is 0.220 e. The van der Waals surface area contributed by atoms with Gasteiger partial charge in [0.15, 0.2) is 0 Å². The van der Waals surface area contributed by atoms with Gasteiger partial charge >= 0.3 is 0 Å². The second kappa shape index (κ2) is 7.02. The highest BCUT2D eigenvalue weighted by atomic mass is 16.6. The molecular weight excluding hydrogens is 290 g/mol. The van der Waals surface area contributed by atoms with E-state index < -0.39 is 0 Å². The molecule has 0 bridgehead atoms. The van der Waals surface area contributed by atoms with Gasteiger partial charge in [0.25, 0.3) is 0 Å².